The molecule has 0 aromatic heterocycles. The number of nitrogens with zero attached hydrogens (tertiary/aromatic N) is 1. The Kier molecular flexibility index (Phi) is 6.23. The lowest BCUT2D eigenvalue weighted by Gasteiger charge is -2.17. The number of aliphatic hydroxyl groups is 1. The summed E-state index contributed by atoms with van der Waals surface area (Å²) in [4.78, 5) is 0. The molecule has 31 heavy (non-hydrogen) atoms. The molecule has 0 bridgehead atoms. The maximum atomic E-state index is 12.2. The topological polar surface area (TPSA) is 145 Å². The number of anilines is 2. The summed E-state index contributed by atoms with van der Waals surface area (Å²) in [5, 5.41) is 19.8. The molecule has 4 N–H and O–H groups in total. The summed E-state index contributed by atoms with van der Waals surface area (Å²) in [6.07, 6.45) is 1.64. The molecule has 0 saturated heterocycles. The van der Waals surface area contributed by atoms with Crippen molar-refractivity contribution in [2.45, 2.75) is 19.8 Å². The van der Waals surface area contributed by atoms with Crippen molar-refractivity contribution >= 4 is 31.6 Å². The first-order valence-corrected chi connectivity index (χ1v) is 12.4. The molecule has 12 heteroatoms. The highest BCUT2D eigenvalue weighted by Crippen LogP contribution is 2.34. The zero-order valence-corrected chi connectivity index (χ0v) is 18.5. The molecular weight excluding hydrogens is 446 g/mol. The van der Waals surface area contributed by atoms with E-state index in [0.29, 0.717) is 29.0 Å². The lowest BCUT2D eigenvalue weighted by molar-refractivity contribution is 0.392. The van der Waals surface area contributed by atoms with Gasteiger partial charge in [-0.1, -0.05) is 13.0 Å². The van der Waals surface area contributed by atoms with Gasteiger partial charge in [0, 0.05) is 0 Å². The highest BCUT2D eigenvalue weighted by atomic mass is 32.2. The van der Waals surface area contributed by atoms with E-state index in [9.17, 15) is 27.0 Å². The van der Waals surface area contributed by atoms with E-state index >= 15 is 0 Å². The molecule has 1 aliphatic heterocycles. The van der Waals surface area contributed by atoms with E-state index in [2.05, 4.69) is 4.72 Å². The fourth-order valence-corrected chi connectivity index (χ4v) is 5.34. The van der Waals surface area contributed by atoms with Gasteiger partial charge < -0.3 is 14.9 Å². The Morgan fingerprint density at radius 1 is 1.16 bits per heavy atom. The molecule has 168 valence electrons. The van der Waals surface area contributed by atoms with E-state index in [-0.39, 0.29) is 23.6 Å². The van der Waals surface area contributed by atoms with Crippen LogP contribution in [0.4, 0.5) is 11.4 Å². The van der Waals surface area contributed by atoms with Gasteiger partial charge in [0.1, 0.15) is 17.2 Å². The van der Waals surface area contributed by atoms with E-state index in [1.165, 1.54) is 19.2 Å². The van der Waals surface area contributed by atoms with Crippen LogP contribution in [-0.4, -0.2) is 39.9 Å². The molecule has 0 unspecified atom stereocenters. The van der Waals surface area contributed by atoms with Crippen molar-refractivity contribution in [2.24, 2.45) is 0 Å². The van der Waals surface area contributed by atoms with Gasteiger partial charge in [-0.3, -0.25) is 4.72 Å². The summed E-state index contributed by atoms with van der Waals surface area (Å²) in [6, 6.07) is 9.28. The normalized spacial score (nSPS) is 15.3. The van der Waals surface area contributed by atoms with Gasteiger partial charge in [0.05, 0.1) is 24.7 Å². The largest absolute Gasteiger partial charge is 0.506 e. The first kappa shape index (κ1) is 22.6. The Labute approximate surface area is 181 Å². The number of methoxy groups -OCH3 is 1. The monoisotopic (exact) mass is 469 g/mol. The molecule has 0 fully saturated rings. The van der Waals surface area contributed by atoms with E-state index in [4.69, 9.17) is 4.74 Å². The lowest BCUT2D eigenvalue weighted by atomic mass is 10.0. The Morgan fingerprint density at radius 2 is 1.90 bits per heavy atom. The minimum absolute atomic E-state index is 0.0212. The van der Waals surface area contributed by atoms with Crippen LogP contribution in [0.5, 0.6) is 11.5 Å². The number of aliphatic hydroxyl groups excluding tert-OH is 1. The molecule has 2 aromatic carbocycles. The third-order valence-corrected chi connectivity index (χ3v) is 7.22. The number of hydrogen-bond acceptors (Lipinski definition) is 7. The van der Waals surface area contributed by atoms with Gasteiger partial charge in [-0.25, -0.2) is 17.4 Å². The number of phenolic OH excluding ortho intramolecular Hbond substituents is 1. The van der Waals surface area contributed by atoms with Gasteiger partial charge >= 0.3 is 10.2 Å². The van der Waals surface area contributed by atoms with Crippen LogP contribution in [0.15, 0.2) is 48.5 Å². The van der Waals surface area contributed by atoms with E-state index in [0.717, 1.165) is 10.5 Å². The number of rotatable bonds is 8. The first-order chi connectivity index (χ1) is 14.5. The van der Waals surface area contributed by atoms with Crippen LogP contribution in [0.25, 0.3) is 0 Å². The Morgan fingerprint density at radius 3 is 2.48 bits per heavy atom. The zero-order chi connectivity index (χ0) is 22.8. The molecule has 3 rings (SSSR count). The molecule has 0 saturated carbocycles. The number of phenols is 1. The smallest absolute Gasteiger partial charge is 0.330 e. The molecule has 0 amide bonds. The van der Waals surface area contributed by atoms with Crippen LogP contribution >= 0.6 is 0 Å². The van der Waals surface area contributed by atoms with Crippen LogP contribution < -0.4 is 18.5 Å². The molecule has 0 atom stereocenters. The van der Waals surface area contributed by atoms with Gasteiger partial charge in [0.15, 0.2) is 0 Å². The number of ether oxygens (including phenoxy) is 1. The molecule has 2 aromatic rings. The van der Waals surface area contributed by atoms with Crippen molar-refractivity contribution < 1.29 is 31.8 Å². The predicted octanol–water partition coefficient (Wildman–Crippen LogP) is 2.15. The maximum Gasteiger partial charge on any atom is 0.330 e. The van der Waals surface area contributed by atoms with Crippen LogP contribution in [0.2, 0.25) is 0 Å². The third-order valence-electron chi connectivity index (χ3n) is 4.45. The van der Waals surface area contributed by atoms with Gasteiger partial charge in [-0.2, -0.15) is 8.42 Å². The minimum atomic E-state index is -4.04. The van der Waals surface area contributed by atoms with Crippen LogP contribution in [0.1, 0.15) is 24.5 Å². The summed E-state index contributed by atoms with van der Waals surface area (Å²) < 4.78 is 58.9. The summed E-state index contributed by atoms with van der Waals surface area (Å²) in [5.41, 5.74) is 1.55. The summed E-state index contributed by atoms with van der Waals surface area (Å²) in [7, 11) is -6.06. The lowest BCUT2D eigenvalue weighted by Crippen LogP contribution is -2.29. The van der Waals surface area contributed by atoms with Gasteiger partial charge in [0.2, 0.25) is 15.9 Å². The standard InChI is InChI=1S/C19H23N3O7S2/c1-3-8-30(25,26)20-16-6-5-15(29-2)11-14(16)9-13-4-7-17(18(23)10-13)22-12-19(24)21-31(22,27)28/h4-7,10-12,20-21,23-24H,3,8-9H2,1-2H3. The number of hydrogen-bond donors (Lipinski definition) is 4. The molecule has 0 radical (unpaired) electrons. The molecule has 0 aliphatic carbocycles. The first-order valence-electron chi connectivity index (χ1n) is 9.27. The van der Waals surface area contributed by atoms with E-state index in [1.807, 2.05) is 4.72 Å². The number of sulfonamides is 1. The summed E-state index contributed by atoms with van der Waals surface area (Å²) in [5.74, 6) is -0.384. The molecule has 1 heterocycles. The highest BCUT2D eigenvalue weighted by Gasteiger charge is 2.30. The quantitative estimate of drug-likeness (QED) is 0.463. The average molecular weight is 470 g/mol. The van der Waals surface area contributed by atoms with Crippen molar-refractivity contribution in [3.8, 4) is 11.5 Å². The Bertz CT molecular complexity index is 1230. The third kappa shape index (κ3) is 5.14. The molecule has 0 spiro atoms. The number of nitrogens with one attached hydrogen (secondary N) is 2. The van der Waals surface area contributed by atoms with Crippen molar-refractivity contribution in [1.82, 2.24) is 4.72 Å². The second-order valence-corrected chi connectivity index (χ2v) is 10.3. The molecule has 10 nitrogen and oxygen atoms in total. The van der Waals surface area contributed by atoms with Crippen molar-refractivity contribution in [2.75, 3.05) is 21.9 Å². The number of benzene rings is 2. The minimum Gasteiger partial charge on any atom is -0.506 e. The average Bonchev–Trinajstić information content (AvgIpc) is 2.95. The van der Waals surface area contributed by atoms with Crippen LogP contribution in [0.3, 0.4) is 0 Å². The molecule has 1 aliphatic rings. The zero-order valence-electron chi connectivity index (χ0n) is 16.9. The fraction of sp³-hybridized carbons (Fsp3) is 0.263. The summed E-state index contributed by atoms with van der Waals surface area (Å²) in [6.45, 7) is 1.77. The second kappa shape index (κ2) is 8.55. The summed E-state index contributed by atoms with van der Waals surface area (Å²) >= 11 is 0. The van der Waals surface area contributed by atoms with Crippen LogP contribution in [0, 0.1) is 0 Å². The highest BCUT2D eigenvalue weighted by molar-refractivity contribution is 7.92. The van der Waals surface area contributed by atoms with Crippen molar-refractivity contribution in [1.29, 1.82) is 0 Å². The van der Waals surface area contributed by atoms with Crippen molar-refractivity contribution in [3.05, 3.63) is 59.6 Å². The van der Waals surface area contributed by atoms with Gasteiger partial charge in [-0.15, -0.1) is 0 Å². The van der Waals surface area contributed by atoms with Gasteiger partial charge in [0.25, 0.3) is 0 Å². The second-order valence-electron chi connectivity index (χ2n) is 6.86. The van der Waals surface area contributed by atoms with E-state index < -0.39 is 26.1 Å². The van der Waals surface area contributed by atoms with E-state index in [1.54, 1.807) is 31.2 Å². The van der Waals surface area contributed by atoms with Crippen molar-refractivity contribution in [3.63, 3.8) is 0 Å². The Hall–Kier alpha value is -3.12. The van der Waals surface area contributed by atoms with Crippen LogP contribution in [-0.2, 0) is 26.7 Å². The predicted molar refractivity (Wildman–Crippen MR) is 117 cm³/mol. The van der Waals surface area contributed by atoms with Gasteiger partial charge in [-0.05, 0) is 54.3 Å². The SMILES string of the molecule is CCCS(=O)(=O)Nc1ccc(OC)cc1Cc1ccc(N2C=C(O)NS2(=O)=O)c(O)c1. The Balaban J connectivity index is 1.93. The maximum absolute atomic E-state index is 12.2. The fourth-order valence-electron chi connectivity index (χ4n) is 3.10. The molecular formula is C19H23N3O7S2. The number of aromatic hydroxyl groups is 1.